The number of nitrogens with zero attached hydrogens (tertiary/aromatic N) is 1. The van der Waals surface area contributed by atoms with Gasteiger partial charge in [0.1, 0.15) is 0 Å². The SMILES string of the molecule is CCC1(C)C=CN=CC1. The third kappa shape index (κ3) is 1.41. The second kappa shape index (κ2) is 2.34. The van der Waals surface area contributed by atoms with Gasteiger partial charge in [-0.2, -0.15) is 0 Å². The van der Waals surface area contributed by atoms with Crippen LogP contribution < -0.4 is 0 Å². The van der Waals surface area contributed by atoms with Crippen molar-refractivity contribution in [3.05, 3.63) is 12.3 Å². The lowest BCUT2D eigenvalue weighted by Crippen LogP contribution is -2.13. The van der Waals surface area contributed by atoms with E-state index in [9.17, 15) is 0 Å². The number of hydrogen-bond acceptors (Lipinski definition) is 1. The molecule has 0 radical (unpaired) electrons. The van der Waals surface area contributed by atoms with Crippen LogP contribution in [0.5, 0.6) is 0 Å². The molecule has 0 fully saturated rings. The zero-order valence-electron chi connectivity index (χ0n) is 6.09. The Labute approximate surface area is 56.5 Å². The van der Waals surface area contributed by atoms with Gasteiger partial charge in [0.2, 0.25) is 0 Å². The molecule has 1 aliphatic heterocycles. The maximum atomic E-state index is 4.01. The van der Waals surface area contributed by atoms with Gasteiger partial charge in [-0.3, -0.25) is 4.99 Å². The van der Waals surface area contributed by atoms with E-state index in [-0.39, 0.29) is 0 Å². The van der Waals surface area contributed by atoms with Crippen LogP contribution >= 0.6 is 0 Å². The third-order valence-corrected chi connectivity index (χ3v) is 2.03. The Morgan fingerprint density at radius 3 is 2.78 bits per heavy atom. The van der Waals surface area contributed by atoms with Crippen LogP contribution in [0.3, 0.4) is 0 Å². The van der Waals surface area contributed by atoms with Crippen molar-refractivity contribution in [2.24, 2.45) is 10.4 Å². The van der Waals surface area contributed by atoms with E-state index in [1.807, 2.05) is 12.4 Å². The van der Waals surface area contributed by atoms with Crippen molar-refractivity contribution < 1.29 is 0 Å². The summed E-state index contributed by atoms with van der Waals surface area (Å²) in [6.45, 7) is 4.47. The van der Waals surface area contributed by atoms with Crippen LogP contribution in [-0.2, 0) is 0 Å². The molecule has 0 saturated carbocycles. The van der Waals surface area contributed by atoms with E-state index in [1.165, 1.54) is 6.42 Å². The van der Waals surface area contributed by atoms with E-state index < -0.39 is 0 Å². The predicted molar refractivity (Wildman–Crippen MR) is 40.6 cm³/mol. The molecule has 1 atom stereocenters. The Morgan fingerprint density at radius 2 is 2.44 bits per heavy atom. The van der Waals surface area contributed by atoms with E-state index in [0.717, 1.165) is 6.42 Å². The molecule has 0 aromatic carbocycles. The average Bonchev–Trinajstić information content (AvgIpc) is 1.90. The molecule has 1 heterocycles. The molecule has 1 aliphatic rings. The fourth-order valence-electron chi connectivity index (χ4n) is 0.875. The number of allylic oxidation sites excluding steroid dienone is 1. The van der Waals surface area contributed by atoms with Crippen LogP contribution in [0.15, 0.2) is 17.3 Å². The lowest BCUT2D eigenvalue weighted by atomic mass is 9.84. The number of aliphatic imine (C=N–C) groups is 1. The quantitative estimate of drug-likeness (QED) is 0.507. The standard InChI is InChI=1S/C8H13N/c1-3-8(2)4-6-9-7-5-8/h4,6-7H,3,5H2,1-2H3. The third-order valence-electron chi connectivity index (χ3n) is 2.03. The molecule has 1 unspecified atom stereocenters. The highest BCUT2D eigenvalue weighted by atomic mass is 14.7. The zero-order chi connectivity index (χ0) is 6.74. The monoisotopic (exact) mass is 123 g/mol. The van der Waals surface area contributed by atoms with Gasteiger partial charge in [-0.25, -0.2) is 0 Å². The van der Waals surface area contributed by atoms with E-state index in [2.05, 4.69) is 24.9 Å². The van der Waals surface area contributed by atoms with E-state index in [1.54, 1.807) is 0 Å². The van der Waals surface area contributed by atoms with E-state index in [4.69, 9.17) is 0 Å². The molecular weight excluding hydrogens is 110 g/mol. The zero-order valence-corrected chi connectivity index (χ0v) is 6.09. The van der Waals surface area contributed by atoms with Crippen molar-refractivity contribution in [3.63, 3.8) is 0 Å². The van der Waals surface area contributed by atoms with Crippen LogP contribution in [0.25, 0.3) is 0 Å². The minimum absolute atomic E-state index is 0.391. The topological polar surface area (TPSA) is 12.4 Å². The normalized spacial score (nSPS) is 33.1. The second-order valence-electron chi connectivity index (χ2n) is 2.86. The van der Waals surface area contributed by atoms with Crippen molar-refractivity contribution in [3.8, 4) is 0 Å². The Morgan fingerprint density at radius 1 is 1.67 bits per heavy atom. The Balaban J connectivity index is 2.63. The highest BCUT2D eigenvalue weighted by Crippen LogP contribution is 2.27. The number of hydrogen-bond donors (Lipinski definition) is 0. The lowest BCUT2D eigenvalue weighted by molar-refractivity contribution is 0.428. The first-order chi connectivity index (χ1) is 4.27. The first-order valence-corrected chi connectivity index (χ1v) is 3.46. The van der Waals surface area contributed by atoms with Gasteiger partial charge in [-0.05, 0) is 18.3 Å². The average molecular weight is 123 g/mol. The Kier molecular flexibility index (Phi) is 1.70. The summed E-state index contributed by atoms with van der Waals surface area (Å²) in [5.41, 5.74) is 0.391. The molecule has 0 spiro atoms. The van der Waals surface area contributed by atoms with Crippen molar-refractivity contribution in [2.45, 2.75) is 26.7 Å². The van der Waals surface area contributed by atoms with Crippen LogP contribution in [-0.4, -0.2) is 6.21 Å². The lowest BCUT2D eigenvalue weighted by Gasteiger charge is -2.23. The predicted octanol–water partition coefficient (Wildman–Crippen LogP) is 2.39. The molecule has 1 nitrogen and oxygen atoms in total. The van der Waals surface area contributed by atoms with Crippen molar-refractivity contribution in [1.29, 1.82) is 0 Å². The minimum atomic E-state index is 0.391. The molecule has 1 heteroatoms. The summed E-state index contributed by atoms with van der Waals surface area (Å²) in [5, 5.41) is 0. The Hall–Kier alpha value is -0.590. The van der Waals surface area contributed by atoms with Crippen molar-refractivity contribution in [1.82, 2.24) is 0 Å². The largest absolute Gasteiger partial charge is 0.269 e. The van der Waals surface area contributed by atoms with Crippen molar-refractivity contribution in [2.75, 3.05) is 0 Å². The van der Waals surface area contributed by atoms with Crippen LogP contribution in [0, 0.1) is 5.41 Å². The fourth-order valence-corrected chi connectivity index (χ4v) is 0.875. The first kappa shape index (κ1) is 6.53. The second-order valence-corrected chi connectivity index (χ2v) is 2.86. The summed E-state index contributed by atoms with van der Waals surface area (Å²) >= 11 is 0. The van der Waals surface area contributed by atoms with Crippen LogP contribution in [0.1, 0.15) is 26.7 Å². The summed E-state index contributed by atoms with van der Waals surface area (Å²) in [6.07, 6.45) is 8.37. The molecule has 0 saturated heterocycles. The van der Waals surface area contributed by atoms with Crippen molar-refractivity contribution >= 4 is 6.21 Å². The highest BCUT2D eigenvalue weighted by molar-refractivity contribution is 5.61. The van der Waals surface area contributed by atoms with Gasteiger partial charge in [0.25, 0.3) is 0 Å². The van der Waals surface area contributed by atoms with Gasteiger partial charge in [0.05, 0.1) is 0 Å². The number of rotatable bonds is 1. The summed E-state index contributed by atoms with van der Waals surface area (Å²) in [4.78, 5) is 4.01. The summed E-state index contributed by atoms with van der Waals surface area (Å²) in [6, 6.07) is 0. The molecule has 0 aliphatic carbocycles. The molecule has 9 heavy (non-hydrogen) atoms. The summed E-state index contributed by atoms with van der Waals surface area (Å²) in [7, 11) is 0. The van der Waals surface area contributed by atoms with Gasteiger partial charge >= 0.3 is 0 Å². The molecule has 0 aromatic heterocycles. The van der Waals surface area contributed by atoms with Crippen LogP contribution in [0.4, 0.5) is 0 Å². The highest BCUT2D eigenvalue weighted by Gasteiger charge is 2.17. The smallest absolute Gasteiger partial charge is 0.0229 e. The van der Waals surface area contributed by atoms with Gasteiger partial charge in [-0.15, -0.1) is 0 Å². The van der Waals surface area contributed by atoms with Gasteiger partial charge in [0, 0.05) is 12.4 Å². The molecule has 0 bridgehead atoms. The molecule has 0 amide bonds. The Bertz CT molecular complexity index is 147. The molecular formula is C8H13N. The molecule has 1 rings (SSSR count). The minimum Gasteiger partial charge on any atom is -0.269 e. The van der Waals surface area contributed by atoms with Gasteiger partial charge in [0.15, 0.2) is 0 Å². The van der Waals surface area contributed by atoms with E-state index >= 15 is 0 Å². The maximum absolute atomic E-state index is 4.01. The maximum Gasteiger partial charge on any atom is 0.0229 e. The van der Waals surface area contributed by atoms with E-state index in [0.29, 0.717) is 5.41 Å². The summed E-state index contributed by atoms with van der Waals surface area (Å²) < 4.78 is 0. The van der Waals surface area contributed by atoms with Gasteiger partial charge in [-0.1, -0.05) is 19.9 Å². The fraction of sp³-hybridized carbons (Fsp3) is 0.625. The van der Waals surface area contributed by atoms with Gasteiger partial charge < -0.3 is 0 Å². The first-order valence-electron chi connectivity index (χ1n) is 3.46. The molecule has 0 N–H and O–H groups in total. The molecule has 50 valence electrons. The van der Waals surface area contributed by atoms with Crippen LogP contribution in [0.2, 0.25) is 0 Å². The molecule has 0 aromatic rings. The summed E-state index contributed by atoms with van der Waals surface area (Å²) in [5.74, 6) is 0.